The van der Waals surface area contributed by atoms with Crippen LogP contribution in [0.3, 0.4) is 0 Å². The van der Waals surface area contributed by atoms with Crippen LogP contribution in [0.2, 0.25) is 0 Å². The normalized spacial score (nSPS) is 21.5. The highest BCUT2D eigenvalue weighted by molar-refractivity contribution is 9.10. The fraction of sp³-hybridized carbons (Fsp3) is 0.308. The minimum Gasteiger partial charge on any atom is -0.493 e. The van der Waals surface area contributed by atoms with Gasteiger partial charge in [0.2, 0.25) is 0 Å². The third-order valence-corrected chi connectivity index (χ3v) is 7.76. The molecule has 1 N–H and O–H groups in total. The van der Waals surface area contributed by atoms with E-state index in [1.807, 2.05) is 0 Å². The van der Waals surface area contributed by atoms with Crippen molar-refractivity contribution in [3.05, 3.63) is 70.2 Å². The molecule has 0 aliphatic carbocycles. The van der Waals surface area contributed by atoms with Crippen molar-refractivity contribution >= 4 is 43.4 Å². The number of nitrogens with one attached hydrogen (secondary N) is 1. The second kappa shape index (κ2) is 6.27. The fourth-order valence-corrected chi connectivity index (χ4v) is 6.19. The molecule has 0 saturated heterocycles. The van der Waals surface area contributed by atoms with Crippen molar-refractivity contribution in [1.29, 1.82) is 0 Å². The summed E-state index contributed by atoms with van der Waals surface area (Å²) in [7, 11) is 0. The lowest BCUT2D eigenvalue weighted by Crippen LogP contribution is -2.46. The molecule has 0 unspecified atom stereocenters. The van der Waals surface area contributed by atoms with E-state index in [1.165, 1.54) is 38.6 Å². The van der Waals surface area contributed by atoms with Crippen LogP contribution in [0.25, 0.3) is 21.8 Å². The third kappa shape index (κ3) is 2.31. The highest BCUT2D eigenvalue weighted by Gasteiger charge is 2.47. The summed E-state index contributed by atoms with van der Waals surface area (Å²) in [6, 6.07) is 20.0. The maximum absolute atomic E-state index is 6.26. The van der Waals surface area contributed by atoms with Crippen LogP contribution >= 0.6 is 15.9 Å². The number of anilines is 1. The Balaban J connectivity index is 1.65. The van der Waals surface area contributed by atoms with Crippen LogP contribution in [0, 0.1) is 5.92 Å². The predicted molar refractivity (Wildman–Crippen MR) is 128 cm³/mol. The Hall–Kier alpha value is -2.46. The Morgan fingerprint density at radius 2 is 1.93 bits per heavy atom. The number of rotatable bonds is 1. The molecule has 0 radical (unpaired) electrons. The van der Waals surface area contributed by atoms with Gasteiger partial charge in [0.15, 0.2) is 0 Å². The minimum absolute atomic E-state index is 0.0343. The summed E-state index contributed by atoms with van der Waals surface area (Å²) in [6.45, 7) is 8.71. The van der Waals surface area contributed by atoms with Crippen LogP contribution in [-0.4, -0.2) is 11.2 Å². The third-order valence-electron chi connectivity index (χ3n) is 7.26. The average molecular weight is 461 g/mol. The quantitative estimate of drug-likeness (QED) is 0.329. The van der Waals surface area contributed by atoms with Gasteiger partial charge in [-0.25, -0.2) is 0 Å². The lowest BCUT2D eigenvalue weighted by molar-refractivity contribution is 0.136. The van der Waals surface area contributed by atoms with Gasteiger partial charge in [0.25, 0.3) is 0 Å². The Bertz CT molecular complexity index is 1320. The smallest absolute Gasteiger partial charge is 0.124 e. The standard InChI is InChI=1S/C26H25BrN2O/c1-4-29-20-8-6-5-7-16(20)23-21(29)11-10-19-24(23)26(2,3)18-14-30-22-12-9-15(27)13-17(22)25(18)28-19/h5-13,18,25,28H,4,14H2,1-3H3/t18-,25-/m0/s1. The summed E-state index contributed by atoms with van der Waals surface area (Å²) < 4.78 is 9.79. The number of hydrogen-bond donors (Lipinski definition) is 1. The second-order valence-corrected chi connectivity index (χ2v) is 10.0. The number of nitrogens with zero attached hydrogens (tertiary/aromatic N) is 1. The zero-order chi connectivity index (χ0) is 20.6. The van der Waals surface area contributed by atoms with Gasteiger partial charge >= 0.3 is 0 Å². The van der Waals surface area contributed by atoms with E-state index in [-0.39, 0.29) is 11.5 Å². The van der Waals surface area contributed by atoms with Crippen molar-refractivity contribution in [2.24, 2.45) is 5.92 Å². The molecule has 3 aromatic carbocycles. The second-order valence-electron chi connectivity index (χ2n) is 9.09. The van der Waals surface area contributed by atoms with Crippen molar-refractivity contribution < 1.29 is 4.74 Å². The lowest BCUT2D eigenvalue weighted by atomic mass is 9.64. The summed E-state index contributed by atoms with van der Waals surface area (Å²) in [6.07, 6.45) is 0. The van der Waals surface area contributed by atoms with E-state index < -0.39 is 0 Å². The van der Waals surface area contributed by atoms with Gasteiger partial charge in [0.05, 0.1) is 12.6 Å². The zero-order valence-electron chi connectivity index (χ0n) is 17.5. The maximum atomic E-state index is 6.26. The zero-order valence-corrected chi connectivity index (χ0v) is 19.1. The molecular formula is C26H25BrN2O. The monoisotopic (exact) mass is 460 g/mol. The topological polar surface area (TPSA) is 26.2 Å². The predicted octanol–water partition coefficient (Wildman–Crippen LogP) is 7.03. The Morgan fingerprint density at radius 3 is 2.77 bits per heavy atom. The molecule has 152 valence electrons. The number of aryl methyl sites for hydroxylation is 1. The Labute approximate surface area is 185 Å². The molecule has 2 aliphatic heterocycles. The van der Waals surface area contributed by atoms with Crippen molar-refractivity contribution in [3.8, 4) is 5.75 Å². The molecule has 3 heterocycles. The number of halogens is 1. The molecule has 0 fully saturated rings. The van der Waals surface area contributed by atoms with Crippen molar-refractivity contribution in [3.63, 3.8) is 0 Å². The number of aromatic nitrogens is 1. The fourth-order valence-electron chi connectivity index (χ4n) is 5.81. The summed E-state index contributed by atoms with van der Waals surface area (Å²) in [5.41, 5.74) is 6.52. The van der Waals surface area contributed by atoms with Crippen molar-refractivity contribution in [2.75, 3.05) is 11.9 Å². The largest absolute Gasteiger partial charge is 0.493 e. The van der Waals surface area contributed by atoms with Gasteiger partial charge in [-0.15, -0.1) is 0 Å². The summed E-state index contributed by atoms with van der Waals surface area (Å²) in [5.74, 6) is 1.34. The van der Waals surface area contributed by atoms with E-state index in [0.717, 1.165) is 23.4 Å². The number of para-hydroxylation sites is 1. The summed E-state index contributed by atoms with van der Waals surface area (Å²) in [5, 5.41) is 6.65. The first-order chi connectivity index (χ1) is 14.5. The van der Waals surface area contributed by atoms with E-state index in [9.17, 15) is 0 Å². The van der Waals surface area contributed by atoms with Crippen LogP contribution < -0.4 is 10.1 Å². The summed E-state index contributed by atoms with van der Waals surface area (Å²) >= 11 is 3.65. The molecule has 2 aliphatic rings. The highest BCUT2D eigenvalue weighted by Crippen LogP contribution is 2.55. The van der Waals surface area contributed by atoms with E-state index in [4.69, 9.17) is 4.74 Å². The van der Waals surface area contributed by atoms with Gasteiger partial charge in [0.1, 0.15) is 5.75 Å². The average Bonchev–Trinajstić information content (AvgIpc) is 3.07. The van der Waals surface area contributed by atoms with Crippen molar-refractivity contribution in [2.45, 2.75) is 38.8 Å². The Morgan fingerprint density at radius 1 is 1.10 bits per heavy atom. The molecule has 1 aromatic heterocycles. The SMILES string of the molecule is CCn1c2ccccc2c2c3c(ccc21)N[C@H]1c2cc(Br)ccc2OC[C@@H]1C3(C)C. The molecule has 6 rings (SSSR count). The molecule has 0 bridgehead atoms. The van der Waals surface area contributed by atoms with Crippen LogP contribution in [0.5, 0.6) is 5.75 Å². The number of fused-ring (bicyclic) bond motifs is 8. The lowest BCUT2D eigenvalue weighted by Gasteiger charge is -2.49. The first-order valence-corrected chi connectivity index (χ1v) is 11.5. The molecule has 3 nitrogen and oxygen atoms in total. The molecule has 0 amide bonds. The van der Waals surface area contributed by atoms with Gasteiger partial charge in [-0.2, -0.15) is 0 Å². The number of ether oxygens (including phenoxy) is 1. The highest BCUT2D eigenvalue weighted by atomic mass is 79.9. The molecule has 0 spiro atoms. The van der Waals surface area contributed by atoms with E-state index in [0.29, 0.717) is 5.92 Å². The van der Waals surface area contributed by atoms with Crippen LogP contribution in [0.4, 0.5) is 5.69 Å². The first-order valence-electron chi connectivity index (χ1n) is 10.7. The van der Waals surface area contributed by atoms with Crippen LogP contribution in [-0.2, 0) is 12.0 Å². The maximum Gasteiger partial charge on any atom is 0.124 e. The van der Waals surface area contributed by atoms with Gasteiger partial charge in [-0.3, -0.25) is 0 Å². The first kappa shape index (κ1) is 18.3. The van der Waals surface area contributed by atoms with E-state index in [2.05, 4.69) is 101 Å². The van der Waals surface area contributed by atoms with Crippen LogP contribution in [0.1, 0.15) is 37.9 Å². The van der Waals surface area contributed by atoms with Gasteiger partial charge in [-0.05, 0) is 48.9 Å². The summed E-state index contributed by atoms with van der Waals surface area (Å²) in [4.78, 5) is 0. The molecule has 30 heavy (non-hydrogen) atoms. The molecule has 2 atom stereocenters. The Kier molecular flexibility index (Phi) is 3.83. The number of hydrogen-bond acceptors (Lipinski definition) is 2. The molecule has 0 saturated carbocycles. The van der Waals surface area contributed by atoms with Crippen molar-refractivity contribution in [1.82, 2.24) is 4.57 Å². The molecule has 4 heteroatoms. The van der Waals surface area contributed by atoms with Gasteiger partial charge in [0, 0.05) is 55.4 Å². The molecular weight excluding hydrogens is 436 g/mol. The minimum atomic E-state index is -0.0343. The van der Waals surface area contributed by atoms with Gasteiger partial charge < -0.3 is 14.6 Å². The van der Waals surface area contributed by atoms with E-state index in [1.54, 1.807) is 0 Å². The number of benzene rings is 3. The van der Waals surface area contributed by atoms with Crippen LogP contribution in [0.15, 0.2) is 59.1 Å². The van der Waals surface area contributed by atoms with Gasteiger partial charge in [-0.1, -0.05) is 48.0 Å². The molecule has 4 aromatic rings. The van der Waals surface area contributed by atoms with E-state index >= 15 is 0 Å².